The minimum absolute atomic E-state index is 0.0313. The molecule has 0 unspecified atom stereocenters. The third-order valence-electron chi connectivity index (χ3n) is 3.46. The molecule has 0 atom stereocenters. The van der Waals surface area contributed by atoms with Crippen molar-refractivity contribution < 1.29 is 4.79 Å². The Morgan fingerprint density at radius 3 is 2.43 bits per heavy atom. The van der Waals surface area contributed by atoms with Crippen molar-refractivity contribution in [3.63, 3.8) is 0 Å². The lowest BCUT2D eigenvalue weighted by atomic mass is 10.1. The van der Waals surface area contributed by atoms with Crippen molar-refractivity contribution in [3.05, 3.63) is 47.7 Å². The van der Waals surface area contributed by atoms with Crippen molar-refractivity contribution in [1.29, 1.82) is 0 Å². The van der Waals surface area contributed by atoms with Gasteiger partial charge in [-0.05, 0) is 37.1 Å². The van der Waals surface area contributed by atoms with Gasteiger partial charge in [-0.3, -0.25) is 9.69 Å². The number of anilines is 1. The normalized spacial score (nSPS) is 17.0. The summed E-state index contributed by atoms with van der Waals surface area (Å²) in [6.07, 6.45) is 6.64. The average Bonchev–Trinajstić information content (AvgIpc) is 2.71. The standard InChI is InChI=1S/C17H21N3O/c1-13-18-16(17(21)20(13)4)8-6-5-7-14-9-11-15(12-10-14)19(2)3/h5,7-12H,6H2,1-4H3/b7-5-,16-8+. The molecule has 0 fully saturated rings. The van der Waals surface area contributed by atoms with Crippen LogP contribution in [-0.4, -0.2) is 37.8 Å². The summed E-state index contributed by atoms with van der Waals surface area (Å²) in [6.45, 7) is 1.83. The van der Waals surface area contributed by atoms with Crippen molar-refractivity contribution in [2.45, 2.75) is 13.3 Å². The smallest absolute Gasteiger partial charge is 0.277 e. The molecule has 0 radical (unpaired) electrons. The Kier molecular flexibility index (Phi) is 4.58. The largest absolute Gasteiger partial charge is 0.378 e. The molecule has 1 heterocycles. The van der Waals surface area contributed by atoms with Crippen LogP contribution in [0.2, 0.25) is 0 Å². The molecule has 0 aromatic heterocycles. The highest BCUT2D eigenvalue weighted by atomic mass is 16.2. The van der Waals surface area contributed by atoms with E-state index in [2.05, 4.69) is 40.2 Å². The summed E-state index contributed by atoms with van der Waals surface area (Å²) in [6, 6.07) is 8.33. The zero-order valence-electron chi connectivity index (χ0n) is 13.0. The number of rotatable bonds is 4. The summed E-state index contributed by atoms with van der Waals surface area (Å²) < 4.78 is 0. The number of nitrogens with zero attached hydrogens (tertiary/aromatic N) is 3. The minimum atomic E-state index is -0.0313. The predicted molar refractivity (Wildman–Crippen MR) is 88.4 cm³/mol. The van der Waals surface area contributed by atoms with E-state index in [9.17, 15) is 4.79 Å². The van der Waals surface area contributed by atoms with Crippen molar-refractivity contribution in [1.82, 2.24) is 4.90 Å². The van der Waals surface area contributed by atoms with Crippen molar-refractivity contribution in [2.75, 3.05) is 26.0 Å². The molecular formula is C17H21N3O. The summed E-state index contributed by atoms with van der Waals surface area (Å²) >= 11 is 0. The Hall–Kier alpha value is -2.36. The van der Waals surface area contributed by atoms with Gasteiger partial charge in [-0.15, -0.1) is 0 Å². The monoisotopic (exact) mass is 283 g/mol. The lowest BCUT2D eigenvalue weighted by Crippen LogP contribution is -2.25. The van der Waals surface area contributed by atoms with Gasteiger partial charge < -0.3 is 4.90 Å². The predicted octanol–water partition coefficient (Wildman–Crippen LogP) is 2.93. The van der Waals surface area contributed by atoms with E-state index in [0.717, 1.165) is 11.4 Å². The maximum Gasteiger partial charge on any atom is 0.277 e. The summed E-state index contributed by atoms with van der Waals surface area (Å²) in [5.74, 6) is 0.714. The second-order valence-electron chi connectivity index (χ2n) is 5.24. The molecule has 0 spiro atoms. The lowest BCUT2D eigenvalue weighted by molar-refractivity contribution is -0.121. The molecule has 0 aliphatic carbocycles. The quantitative estimate of drug-likeness (QED) is 0.797. The number of likely N-dealkylation sites (N-methyl/N-ethyl adjacent to an activating group) is 1. The Bertz CT molecular complexity index is 609. The highest BCUT2D eigenvalue weighted by Crippen LogP contribution is 2.15. The summed E-state index contributed by atoms with van der Waals surface area (Å²) in [7, 11) is 5.79. The molecule has 1 amide bonds. The number of carbonyl (C=O) groups excluding carboxylic acids is 1. The number of hydrogen-bond donors (Lipinski definition) is 0. The van der Waals surface area contributed by atoms with Gasteiger partial charge in [-0.2, -0.15) is 0 Å². The Balaban J connectivity index is 1.96. The van der Waals surface area contributed by atoms with Crippen molar-refractivity contribution in [3.8, 4) is 0 Å². The average molecular weight is 283 g/mol. The maximum absolute atomic E-state index is 11.8. The zero-order valence-corrected chi connectivity index (χ0v) is 13.0. The van der Waals surface area contributed by atoms with Crippen LogP contribution in [0.15, 0.2) is 47.1 Å². The summed E-state index contributed by atoms with van der Waals surface area (Å²) in [4.78, 5) is 19.7. The van der Waals surface area contributed by atoms with Crippen LogP contribution < -0.4 is 4.90 Å². The van der Waals surface area contributed by atoms with E-state index in [-0.39, 0.29) is 5.91 Å². The summed E-state index contributed by atoms with van der Waals surface area (Å²) in [5.41, 5.74) is 2.86. The van der Waals surface area contributed by atoms with Crippen molar-refractivity contribution >= 4 is 23.5 Å². The van der Waals surface area contributed by atoms with Gasteiger partial charge in [-0.25, -0.2) is 4.99 Å². The van der Waals surface area contributed by atoms with E-state index >= 15 is 0 Å². The zero-order chi connectivity index (χ0) is 15.4. The fourth-order valence-corrected chi connectivity index (χ4v) is 2.02. The lowest BCUT2D eigenvalue weighted by Gasteiger charge is -2.11. The number of carbonyl (C=O) groups is 1. The fraction of sp³-hybridized carbons (Fsp3) is 0.294. The molecule has 0 saturated carbocycles. The molecular weight excluding hydrogens is 262 g/mol. The molecule has 110 valence electrons. The number of benzene rings is 1. The SMILES string of the molecule is CC1=N/C(=C/C/C=C\c2ccc(N(C)C)cc2)C(=O)N1C. The van der Waals surface area contributed by atoms with Gasteiger partial charge >= 0.3 is 0 Å². The number of hydrogen-bond acceptors (Lipinski definition) is 3. The molecule has 0 N–H and O–H groups in total. The molecule has 2 rings (SSSR count). The first-order chi connectivity index (χ1) is 9.99. The first-order valence-corrected chi connectivity index (χ1v) is 6.96. The Labute approximate surface area is 126 Å². The fourth-order valence-electron chi connectivity index (χ4n) is 2.02. The van der Waals surface area contributed by atoms with Crippen LogP contribution in [0.25, 0.3) is 6.08 Å². The Morgan fingerprint density at radius 1 is 1.24 bits per heavy atom. The topological polar surface area (TPSA) is 35.9 Å². The third-order valence-corrected chi connectivity index (χ3v) is 3.46. The molecule has 4 nitrogen and oxygen atoms in total. The summed E-state index contributed by atoms with van der Waals surface area (Å²) in [5, 5.41) is 0. The van der Waals surface area contributed by atoms with E-state index in [0.29, 0.717) is 12.1 Å². The van der Waals surface area contributed by atoms with Crippen LogP contribution in [0.4, 0.5) is 5.69 Å². The van der Waals surface area contributed by atoms with Gasteiger partial charge in [0, 0.05) is 26.8 Å². The van der Waals surface area contributed by atoms with Crippen LogP contribution in [0.1, 0.15) is 18.9 Å². The van der Waals surface area contributed by atoms with Gasteiger partial charge in [0.2, 0.25) is 0 Å². The highest BCUT2D eigenvalue weighted by molar-refractivity contribution is 6.11. The van der Waals surface area contributed by atoms with Crippen LogP contribution in [-0.2, 0) is 4.79 Å². The first kappa shape index (κ1) is 15.0. The number of allylic oxidation sites excluding steroid dienone is 2. The molecule has 0 saturated heterocycles. The van der Waals surface area contributed by atoms with Crippen LogP contribution in [0.3, 0.4) is 0 Å². The van der Waals surface area contributed by atoms with Crippen LogP contribution in [0, 0.1) is 0 Å². The highest BCUT2D eigenvalue weighted by Gasteiger charge is 2.22. The third kappa shape index (κ3) is 3.60. The molecule has 4 heteroatoms. The van der Waals surface area contributed by atoms with Gasteiger partial charge in [0.05, 0.1) is 0 Å². The molecule has 1 aromatic carbocycles. The second-order valence-corrected chi connectivity index (χ2v) is 5.24. The van der Waals surface area contributed by atoms with E-state index in [4.69, 9.17) is 0 Å². The van der Waals surface area contributed by atoms with E-state index < -0.39 is 0 Å². The van der Waals surface area contributed by atoms with Gasteiger partial charge in [0.1, 0.15) is 11.5 Å². The van der Waals surface area contributed by atoms with E-state index in [1.165, 1.54) is 5.69 Å². The van der Waals surface area contributed by atoms with Crippen molar-refractivity contribution in [2.24, 2.45) is 4.99 Å². The van der Waals surface area contributed by atoms with Crippen LogP contribution >= 0.6 is 0 Å². The Morgan fingerprint density at radius 2 is 1.90 bits per heavy atom. The number of aliphatic imine (C=N–C) groups is 1. The molecule has 1 aromatic rings. The van der Waals surface area contributed by atoms with E-state index in [1.807, 2.05) is 33.2 Å². The first-order valence-electron chi connectivity index (χ1n) is 6.96. The van der Waals surface area contributed by atoms with Gasteiger partial charge in [0.15, 0.2) is 0 Å². The maximum atomic E-state index is 11.8. The van der Waals surface area contributed by atoms with Crippen LogP contribution in [0.5, 0.6) is 0 Å². The van der Waals surface area contributed by atoms with Gasteiger partial charge in [0.25, 0.3) is 5.91 Å². The van der Waals surface area contributed by atoms with E-state index in [1.54, 1.807) is 11.9 Å². The molecule has 0 bridgehead atoms. The molecule has 1 aliphatic heterocycles. The molecule has 1 aliphatic rings. The minimum Gasteiger partial charge on any atom is -0.378 e. The number of amidine groups is 1. The van der Waals surface area contributed by atoms with Gasteiger partial charge in [-0.1, -0.05) is 24.3 Å². The molecule has 21 heavy (non-hydrogen) atoms. The second kappa shape index (κ2) is 6.39. The number of amides is 1.